The maximum atomic E-state index is 13.0. The molecule has 33 heavy (non-hydrogen) atoms. The number of anilines is 1. The lowest BCUT2D eigenvalue weighted by Gasteiger charge is -2.11. The van der Waals surface area contributed by atoms with Gasteiger partial charge in [0.15, 0.2) is 20.7 Å². The third-order valence-corrected chi connectivity index (χ3v) is 9.64. The van der Waals surface area contributed by atoms with E-state index >= 15 is 0 Å². The first-order valence-corrected chi connectivity index (χ1v) is 13.9. The number of hydrogen-bond donors (Lipinski definition) is 2. The Bertz CT molecular complexity index is 1150. The average Bonchev–Trinajstić information content (AvgIpc) is 3.36. The number of thiazole rings is 1. The largest absolute Gasteiger partial charge is 0.481 e. The van der Waals surface area contributed by atoms with E-state index in [2.05, 4.69) is 15.5 Å². The summed E-state index contributed by atoms with van der Waals surface area (Å²) in [4.78, 5) is 33.7. The SMILES string of the molecule is O=C(O)CSc1cnc(NC(=O)C(=NOC2CCCC2)c2ccc(S(=O)(=O)C3CC3)cc2)s1. The van der Waals surface area contributed by atoms with Crippen LogP contribution in [0.4, 0.5) is 5.13 Å². The van der Waals surface area contributed by atoms with Crippen LogP contribution < -0.4 is 5.32 Å². The average molecular weight is 510 g/mol. The fraction of sp³-hybridized carbons (Fsp3) is 0.429. The van der Waals surface area contributed by atoms with Crippen LogP contribution in [0.25, 0.3) is 0 Å². The number of sulfone groups is 1. The zero-order valence-corrected chi connectivity index (χ0v) is 20.0. The summed E-state index contributed by atoms with van der Waals surface area (Å²) in [6.45, 7) is 0. The first-order valence-electron chi connectivity index (χ1n) is 10.5. The molecule has 9 nitrogen and oxygen atoms in total. The van der Waals surface area contributed by atoms with Gasteiger partial charge in [0.05, 0.1) is 26.3 Å². The monoisotopic (exact) mass is 509 g/mol. The number of nitrogens with zero attached hydrogens (tertiary/aromatic N) is 2. The van der Waals surface area contributed by atoms with E-state index in [4.69, 9.17) is 9.94 Å². The minimum Gasteiger partial charge on any atom is -0.481 e. The van der Waals surface area contributed by atoms with Crippen LogP contribution >= 0.6 is 23.1 Å². The highest BCUT2D eigenvalue weighted by Gasteiger charge is 2.36. The predicted octanol–water partition coefficient (Wildman–Crippen LogP) is 3.56. The van der Waals surface area contributed by atoms with E-state index in [-0.39, 0.29) is 27.7 Å². The molecule has 1 amide bonds. The van der Waals surface area contributed by atoms with Crippen molar-refractivity contribution in [1.82, 2.24) is 4.98 Å². The molecule has 2 fully saturated rings. The summed E-state index contributed by atoms with van der Waals surface area (Å²) in [7, 11) is -3.34. The fourth-order valence-corrected chi connectivity index (χ4v) is 6.64. The molecule has 0 unspecified atom stereocenters. The van der Waals surface area contributed by atoms with Crippen LogP contribution in [-0.2, 0) is 24.3 Å². The van der Waals surface area contributed by atoms with E-state index < -0.39 is 21.7 Å². The number of carboxylic acids is 1. The first kappa shape index (κ1) is 23.7. The first-order chi connectivity index (χ1) is 15.8. The van der Waals surface area contributed by atoms with Gasteiger partial charge in [-0.05, 0) is 50.7 Å². The lowest BCUT2D eigenvalue weighted by molar-refractivity contribution is -0.133. The molecule has 0 spiro atoms. The Morgan fingerprint density at radius 2 is 1.88 bits per heavy atom. The van der Waals surface area contributed by atoms with Crippen molar-refractivity contribution in [1.29, 1.82) is 0 Å². The molecular formula is C21H23N3O6S3. The van der Waals surface area contributed by atoms with Gasteiger partial charge < -0.3 is 9.94 Å². The van der Waals surface area contributed by atoms with Gasteiger partial charge >= 0.3 is 5.97 Å². The van der Waals surface area contributed by atoms with Crippen LogP contribution in [0, 0.1) is 0 Å². The summed E-state index contributed by atoms with van der Waals surface area (Å²) < 4.78 is 25.6. The van der Waals surface area contributed by atoms with Gasteiger partial charge in [0.25, 0.3) is 5.91 Å². The standard InChI is InChI=1S/C21H23N3O6S3/c25-17(26)12-31-18-11-22-21(32-18)23-20(27)19(24-30-14-3-1-2-4-14)13-5-7-15(8-6-13)33(28,29)16-9-10-16/h5-8,11,14,16H,1-4,9-10,12H2,(H,25,26)(H,22,23,27). The minimum atomic E-state index is -3.34. The van der Waals surface area contributed by atoms with Crippen molar-refractivity contribution in [3.63, 3.8) is 0 Å². The number of amides is 1. The summed E-state index contributed by atoms with van der Waals surface area (Å²) in [5.74, 6) is -1.59. The molecule has 176 valence electrons. The van der Waals surface area contributed by atoms with Crippen molar-refractivity contribution in [2.45, 2.75) is 59.0 Å². The lowest BCUT2D eigenvalue weighted by Crippen LogP contribution is -2.25. The number of carbonyl (C=O) groups excluding carboxylic acids is 1. The second kappa shape index (κ2) is 10.2. The molecule has 2 N–H and O–H groups in total. The molecular weight excluding hydrogens is 486 g/mol. The van der Waals surface area contributed by atoms with Crippen molar-refractivity contribution < 1.29 is 28.0 Å². The van der Waals surface area contributed by atoms with Crippen molar-refractivity contribution >= 4 is 55.7 Å². The summed E-state index contributed by atoms with van der Waals surface area (Å²) in [5.41, 5.74) is 0.449. The van der Waals surface area contributed by atoms with Crippen LogP contribution in [0.15, 0.2) is 44.7 Å². The van der Waals surface area contributed by atoms with Crippen LogP contribution in [0.3, 0.4) is 0 Å². The maximum Gasteiger partial charge on any atom is 0.313 e. The molecule has 0 bridgehead atoms. The van der Waals surface area contributed by atoms with Crippen LogP contribution in [-0.4, -0.2) is 53.2 Å². The molecule has 2 aliphatic carbocycles. The van der Waals surface area contributed by atoms with Crippen molar-refractivity contribution in [2.75, 3.05) is 11.1 Å². The number of carbonyl (C=O) groups is 2. The van der Waals surface area contributed by atoms with Crippen LogP contribution in [0.1, 0.15) is 44.1 Å². The molecule has 0 radical (unpaired) electrons. The smallest absolute Gasteiger partial charge is 0.313 e. The third-order valence-electron chi connectivity index (χ3n) is 5.27. The van der Waals surface area contributed by atoms with Gasteiger partial charge in [0.1, 0.15) is 6.10 Å². The Kier molecular flexibility index (Phi) is 7.35. The molecule has 0 saturated heterocycles. The molecule has 2 saturated carbocycles. The number of benzene rings is 1. The number of oxime groups is 1. The Balaban J connectivity index is 1.52. The van der Waals surface area contributed by atoms with Gasteiger partial charge in [-0.2, -0.15) is 0 Å². The number of nitrogens with one attached hydrogen (secondary N) is 1. The Morgan fingerprint density at radius 3 is 2.52 bits per heavy atom. The highest BCUT2D eigenvalue weighted by atomic mass is 32.2. The van der Waals surface area contributed by atoms with Crippen LogP contribution in [0.2, 0.25) is 0 Å². The molecule has 4 rings (SSSR count). The number of aliphatic carboxylic acids is 1. The van der Waals surface area contributed by atoms with Crippen molar-refractivity contribution in [2.24, 2.45) is 5.16 Å². The van der Waals surface area contributed by atoms with Gasteiger partial charge in [-0.15, -0.1) is 11.8 Å². The highest BCUT2D eigenvalue weighted by Crippen LogP contribution is 2.33. The zero-order chi connectivity index (χ0) is 23.4. The number of rotatable bonds is 10. The van der Waals surface area contributed by atoms with Gasteiger partial charge in [-0.1, -0.05) is 28.6 Å². The maximum absolute atomic E-state index is 13.0. The number of thioether (sulfide) groups is 1. The van der Waals surface area contributed by atoms with Gasteiger partial charge in [-0.25, -0.2) is 13.4 Å². The predicted molar refractivity (Wildman–Crippen MR) is 126 cm³/mol. The molecule has 1 heterocycles. The molecule has 0 atom stereocenters. The number of hydrogen-bond acceptors (Lipinski definition) is 9. The summed E-state index contributed by atoms with van der Waals surface area (Å²) in [6, 6.07) is 6.10. The molecule has 12 heteroatoms. The van der Waals surface area contributed by atoms with Gasteiger partial charge in [-0.3, -0.25) is 14.9 Å². The van der Waals surface area contributed by atoms with Gasteiger partial charge in [0.2, 0.25) is 0 Å². The van der Waals surface area contributed by atoms with Crippen LogP contribution in [0.5, 0.6) is 0 Å². The van der Waals surface area contributed by atoms with E-state index in [1.54, 1.807) is 12.1 Å². The van der Waals surface area contributed by atoms with Crippen molar-refractivity contribution in [3.8, 4) is 0 Å². The molecule has 1 aromatic carbocycles. The lowest BCUT2D eigenvalue weighted by atomic mass is 10.1. The van der Waals surface area contributed by atoms with E-state index in [0.717, 1.165) is 48.8 Å². The summed E-state index contributed by atoms with van der Waals surface area (Å²) in [5, 5.41) is 15.6. The molecule has 1 aromatic heterocycles. The Labute approximate surface area is 199 Å². The molecule has 2 aromatic rings. The summed E-state index contributed by atoms with van der Waals surface area (Å²) in [6.07, 6.45) is 6.63. The van der Waals surface area contributed by atoms with Gasteiger partial charge in [0, 0.05) is 5.56 Å². The molecule has 0 aliphatic heterocycles. The van der Waals surface area contributed by atoms with E-state index in [1.165, 1.54) is 18.3 Å². The van der Waals surface area contributed by atoms with E-state index in [9.17, 15) is 18.0 Å². The number of aromatic nitrogens is 1. The van der Waals surface area contributed by atoms with Crippen molar-refractivity contribution in [3.05, 3.63) is 36.0 Å². The minimum absolute atomic E-state index is 0.0206. The normalized spacial score (nSPS) is 17.2. The second-order valence-corrected chi connectivity index (χ2v) is 12.4. The third kappa shape index (κ3) is 6.12. The molecule has 2 aliphatic rings. The number of carboxylic acid groups (broad SMARTS) is 1. The fourth-order valence-electron chi connectivity index (χ4n) is 3.39. The van der Waals surface area contributed by atoms with E-state index in [0.29, 0.717) is 27.7 Å². The second-order valence-electron chi connectivity index (χ2n) is 7.84. The Hall–Kier alpha value is -2.44. The van der Waals surface area contributed by atoms with E-state index in [1.807, 2.05) is 0 Å². The highest BCUT2D eigenvalue weighted by molar-refractivity contribution is 8.01. The topological polar surface area (TPSA) is 135 Å². The quantitative estimate of drug-likeness (QED) is 0.282. The Morgan fingerprint density at radius 1 is 1.18 bits per heavy atom. The zero-order valence-electron chi connectivity index (χ0n) is 17.6. The summed E-state index contributed by atoms with van der Waals surface area (Å²) >= 11 is 2.27.